The summed E-state index contributed by atoms with van der Waals surface area (Å²) in [5.41, 5.74) is -5.03. The Hall–Kier alpha value is -4.55. The number of para-hydroxylation sites is 3. The van der Waals surface area contributed by atoms with E-state index in [2.05, 4.69) is 67.7 Å². The number of benzene rings is 4. The summed E-state index contributed by atoms with van der Waals surface area (Å²) in [4.78, 5) is 34.7. The van der Waals surface area contributed by atoms with Crippen LogP contribution >= 0.6 is 0 Å². The van der Waals surface area contributed by atoms with Crippen molar-refractivity contribution < 1.29 is 44.2 Å². The molecule has 1 spiro atoms. The first-order valence-corrected chi connectivity index (χ1v) is 27.9. The molecule has 15 heteroatoms. The van der Waals surface area contributed by atoms with Gasteiger partial charge < -0.3 is 22.8 Å². The highest BCUT2D eigenvalue weighted by Crippen LogP contribution is 2.55. The lowest BCUT2D eigenvalue weighted by molar-refractivity contribution is -0.127. The van der Waals surface area contributed by atoms with Crippen molar-refractivity contribution in [1.82, 2.24) is 0 Å². The molecule has 0 aromatic heterocycles. The van der Waals surface area contributed by atoms with E-state index >= 15 is 9.59 Å². The fraction of sp³-hybridized carbons (Fsp3) is 0.404. The summed E-state index contributed by atoms with van der Waals surface area (Å²) in [5.74, 6) is -1.83. The number of alkyl halides is 3. The second kappa shape index (κ2) is 16.9. The molecule has 1 aliphatic heterocycles. The Bertz CT molecular complexity index is 2430. The third kappa shape index (κ3) is 9.10. The van der Waals surface area contributed by atoms with E-state index in [-0.39, 0.29) is 46.8 Å². The van der Waals surface area contributed by atoms with Crippen molar-refractivity contribution in [2.45, 2.75) is 120 Å². The quantitative estimate of drug-likeness (QED) is 0.0792. The van der Waals surface area contributed by atoms with E-state index in [4.69, 9.17) is 13.0 Å². The van der Waals surface area contributed by atoms with Crippen molar-refractivity contribution in [3.8, 4) is 5.75 Å². The van der Waals surface area contributed by atoms with Crippen LogP contribution < -0.4 is 14.0 Å². The first-order valence-electron chi connectivity index (χ1n) is 20.7. The molecule has 1 aliphatic carbocycles. The Kier molecular flexibility index (Phi) is 12.8. The predicted octanol–water partition coefficient (Wildman–Crippen LogP) is 11.0. The fourth-order valence-electron chi connectivity index (χ4n) is 7.49. The molecular formula is C47H57F3N2O7SSi2. The van der Waals surface area contributed by atoms with Crippen LogP contribution in [-0.4, -0.2) is 54.6 Å². The van der Waals surface area contributed by atoms with Crippen molar-refractivity contribution in [3.63, 3.8) is 0 Å². The number of amides is 2. The molecule has 0 bridgehead atoms. The molecule has 6 rings (SSSR count). The van der Waals surface area contributed by atoms with Crippen LogP contribution in [0, 0.1) is 0 Å². The van der Waals surface area contributed by atoms with Crippen LogP contribution in [0.5, 0.6) is 5.75 Å². The average Bonchev–Trinajstić information content (AvgIpc) is 3.40. The molecule has 0 N–H and O–H groups in total. The standard InChI is InChI=1S/C47H57F3N2O7SSi2/c1-44(2,3)61(7,8)58-40-29-36(42(53)51(31-33-21-13-11-14-22-33)38-27-19-20-28-39(38)57-60(55,56)47(48,49)50)46(30-41(40)59-62(9,10)45(4,5)6)35-25-17-18-26-37(35)52(43(46)54)32-34-23-15-12-16-24-34/h11-29,40-41H,30-32H2,1-10H3/t40-,41-,46+/m1/s1. The fourth-order valence-corrected chi connectivity index (χ4v) is 10.5. The molecular weight excluding hydrogens is 850 g/mol. The summed E-state index contributed by atoms with van der Waals surface area (Å²) in [6.07, 6.45) is 0.189. The molecule has 2 amide bonds. The second-order valence-corrected chi connectivity index (χ2v) is 30.2. The van der Waals surface area contributed by atoms with E-state index in [1.54, 1.807) is 41.3 Å². The lowest BCUT2D eigenvalue weighted by Gasteiger charge is -2.49. The van der Waals surface area contributed by atoms with Gasteiger partial charge in [0.1, 0.15) is 5.41 Å². The lowest BCUT2D eigenvalue weighted by atomic mass is 9.66. The van der Waals surface area contributed by atoms with E-state index in [1.807, 2.05) is 54.6 Å². The van der Waals surface area contributed by atoms with Crippen LogP contribution in [0.1, 0.15) is 64.7 Å². The molecule has 4 aromatic carbocycles. The van der Waals surface area contributed by atoms with Gasteiger partial charge >= 0.3 is 15.6 Å². The van der Waals surface area contributed by atoms with E-state index in [0.717, 1.165) is 11.6 Å². The van der Waals surface area contributed by atoms with Gasteiger partial charge in [-0.3, -0.25) is 9.59 Å². The highest BCUT2D eigenvalue weighted by atomic mass is 32.2. The molecule has 0 saturated carbocycles. The maximum Gasteiger partial charge on any atom is 0.534 e. The lowest BCUT2D eigenvalue weighted by Crippen LogP contribution is -2.58. The average molecular weight is 907 g/mol. The highest BCUT2D eigenvalue weighted by Gasteiger charge is 2.61. The van der Waals surface area contributed by atoms with E-state index < -0.39 is 61.5 Å². The molecule has 4 aromatic rings. The topological polar surface area (TPSA) is 102 Å². The van der Waals surface area contributed by atoms with E-state index in [0.29, 0.717) is 16.8 Å². The first kappa shape index (κ1) is 46.9. The Balaban J connectivity index is 1.65. The number of hydrogen-bond acceptors (Lipinski definition) is 7. The van der Waals surface area contributed by atoms with Gasteiger partial charge in [-0.15, -0.1) is 0 Å². The van der Waals surface area contributed by atoms with Gasteiger partial charge in [-0.25, -0.2) is 0 Å². The van der Waals surface area contributed by atoms with Crippen LogP contribution in [0.25, 0.3) is 0 Å². The Labute approximate surface area is 366 Å². The minimum absolute atomic E-state index is 0.0112. The minimum Gasteiger partial charge on any atom is -0.411 e. The van der Waals surface area contributed by atoms with Crippen LogP contribution in [0.4, 0.5) is 24.5 Å². The molecule has 0 radical (unpaired) electrons. The van der Waals surface area contributed by atoms with Gasteiger partial charge in [0.2, 0.25) is 5.91 Å². The summed E-state index contributed by atoms with van der Waals surface area (Å²) in [6.45, 7) is 21.1. The highest BCUT2D eigenvalue weighted by molar-refractivity contribution is 7.88. The molecule has 3 atom stereocenters. The Morgan fingerprint density at radius 3 is 1.85 bits per heavy atom. The van der Waals surface area contributed by atoms with Crippen LogP contribution in [0.15, 0.2) is 121 Å². The monoisotopic (exact) mass is 906 g/mol. The van der Waals surface area contributed by atoms with Crippen molar-refractivity contribution in [2.75, 3.05) is 9.80 Å². The normalized spacial score (nSPS) is 19.9. The summed E-state index contributed by atoms with van der Waals surface area (Å²) >= 11 is 0. The molecule has 0 fully saturated rings. The molecule has 1 heterocycles. The maximum absolute atomic E-state index is 16.0. The second-order valence-electron chi connectivity index (χ2n) is 19.2. The third-order valence-corrected chi connectivity index (χ3v) is 22.8. The van der Waals surface area contributed by atoms with Crippen LogP contribution in [0.3, 0.4) is 0 Å². The summed E-state index contributed by atoms with van der Waals surface area (Å²) in [7, 11) is -11.4. The van der Waals surface area contributed by atoms with Gasteiger partial charge in [-0.1, -0.05) is 133 Å². The maximum atomic E-state index is 16.0. The Morgan fingerprint density at radius 1 is 0.758 bits per heavy atom. The number of nitrogens with zero attached hydrogens (tertiary/aromatic N) is 2. The number of rotatable bonds is 12. The zero-order chi connectivity index (χ0) is 45.7. The first-order chi connectivity index (χ1) is 28.7. The van der Waals surface area contributed by atoms with Crippen LogP contribution in [0.2, 0.25) is 36.3 Å². The van der Waals surface area contributed by atoms with Gasteiger partial charge in [0, 0.05) is 11.3 Å². The Morgan fingerprint density at radius 2 is 1.27 bits per heavy atom. The number of hydrogen-bond donors (Lipinski definition) is 0. The van der Waals surface area contributed by atoms with Gasteiger partial charge in [0.05, 0.1) is 31.0 Å². The molecule has 9 nitrogen and oxygen atoms in total. The summed E-state index contributed by atoms with van der Waals surface area (Å²) < 4.78 is 85.9. The molecule has 2 aliphatic rings. The van der Waals surface area contributed by atoms with E-state index in [9.17, 15) is 21.6 Å². The smallest absolute Gasteiger partial charge is 0.411 e. The van der Waals surface area contributed by atoms with Crippen molar-refractivity contribution >= 4 is 49.9 Å². The predicted molar refractivity (Wildman–Crippen MR) is 242 cm³/mol. The van der Waals surface area contributed by atoms with Crippen molar-refractivity contribution in [3.05, 3.63) is 138 Å². The SMILES string of the molecule is CC(C)(C)[Si](C)(C)O[C@@H]1C=C(C(=O)N(Cc2ccccc2)c2ccccc2OS(=O)(=O)C(F)(F)F)[C@@]2(C[C@H]1O[Si](C)(C)C(C)(C)C)C(=O)N(Cc1ccccc1)c1ccccc12. The van der Waals surface area contributed by atoms with Crippen molar-refractivity contribution in [2.24, 2.45) is 0 Å². The van der Waals surface area contributed by atoms with Gasteiger partial charge in [0.15, 0.2) is 22.4 Å². The van der Waals surface area contributed by atoms with Crippen LogP contribution in [-0.2, 0) is 47.1 Å². The number of fused-ring (bicyclic) bond motifs is 2. The van der Waals surface area contributed by atoms with E-state index in [1.165, 1.54) is 23.1 Å². The number of carbonyl (C=O) groups is 2. The summed E-state index contributed by atoms with van der Waals surface area (Å²) in [6, 6.07) is 30.8. The van der Waals surface area contributed by atoms with Crippen molar-refractivity contribution in [1.29, 1.82) is 0 Å². The summed E-state index contributed by atoms with van der Waals surface area (Å²) in [5, 5.41) is -0.519. The zero-order valence-electron chi connectivity index (χ0n) is 37.0. The molecule has 0 unspecified atom stereocenters. The molecule has 0 saturated heterocycles. The van der Waals surface area contributed by atoms with Gasteiger partial charge in [-0.05, 0) is 83.7 Å². The van der Waals surface area contributed by atoms with Gasteiger partial charge in [0.25, 0.3) is 5.91 Å². The zero-order valence-corrected chi connectivity index (χ0v) is 39.9. The minimum atomic E-state index is -6.16. The largest absolute Gasteiger partial charge is 0.534 e. The molecule has 332 valence electrons. The van der Waals surface area contributed by atoms with Gasteiger partial charge in [-0.2, -0.15) is 21.6 Å². The number of halogens is 3. The third-order valence-electron chi connectivity index (χ3n) is 12.9. The molecule has 62 heavy (non-hydrogen) atoms. The number of carbonyl (C=O) groups excluding carboxylic acids is 2. The number of anilines is 2.